The number of nitrogens with zero attached hydrogens (tertiary/aromatic N) is 1. The van der Waals surface area contributed by atoms with E-state index in [1.54, 1.807) is 0 Å². The molecule has 0 amide bonds. The van der Waals surface area contributed by atoms with E-state index >= 15 is 0 Å². The first-order valence-electron chi connectivity index (χ1n) is 7.13. The number of rotatable bonds is 2. The van der Waals surface area contributed by atoms with Crippen LogP contribution in [0.5, 0.6) is 0 Å². The summed E-state index contributed by atoms with van der Waals surface area (Å²) < 4.78 is 0. The average molecular weight is 287 g/mol. The highest BCUT2D eigenvalue weighted by Gasteiger charge is 2.24. The Kier molecular flexibility index (Phi) is 4.24. The van der Waals surface area contributed by atoms with Gasteiger partial charge in [0.15, 0.2) is 0 Å². The zero-order valence-corrected chi connectivity index (χ0v) is 12.2. The molecule has 1 N–H and O–H groups in total. The monoisotopic (exact) mass is 286 g/mol. The Morgan fingerprint density at radius 2 is 1.75 bits per heavy atom. The lowest BCUT2D eigenvalue weighted by Crippen LogP contribution is -2.32. The summed E-state index contributed by atoms with van der Waals surface area (Å²) in [5, 5.41) is 4.37. The van der Waals surface area contributed by atoms with E-state index < -0.39 is 0 Å². The molecule has 20 heavy (non-hydrogen) atoms. The van der Waals surface area contributed by atoms with Gasteiger partial charge in [-0.3, -0.25) is 0 Å². The maximum Gasteiger partial charge on any atom is 0.0681 e. The van der Waals surface area contributed by atoms with Gasteiger partial charge in [0, 0.05) is 23.8 Å². The Hall–Kier alpha value is -1.51. The van der Waals surface area contributed by atoms with Crippen molar-refractivity contribution in [3.05, 3.63) is 65.2 Å². The molecule has 1 atom stereocenters. The minimum Gasteiger partial charge on any atom is -0.363 e. The molecule has 2 aromatic rings. The Balaban J connectivity index is 1.98. The van der Waals surface area contributed by atoms with Crippen molar-refractivity contribution in [3.8, 4) is 0 Å². The van der Waals surface area contributed by atoms with Gasteiger partial charge in [-0.05, 0) is 36.7 Å². The van der Waals surface area contributed by atoms with Gasteiger partial charge in [0.2, 0.25) is 0 Å². The molecule has 1 heterocycles. The molecule has 104 valence electrons. The van der Waals surface area contributed by atoms with Crippen LogP contribution in [0.3, 0.4) is 0 Å². The molecule has 0 spiro atoms. The summed E-state index contributed by atoms with van der Waals surface area (Å²) >= 11 is 6.41. The molecular formula is C17H19ClN2. The molecule has 0 saturated carbocycles. The second kappa shape index (κ2) is 6.29. The fourth-order valence-corrected chi connectivity index (χ4v) is 3.09. The number of benzene rings is 2. The predicted octanol–water partition coefficient (Wildman–Crippen LogP) is 3.88. The first kappa shape index (κ1) is 13.5. The Morgan fingerprint density at radius 3 is 2.55 bits per heavy atom. The topological polar surface area (TPSA) is 15.3 Å². The Labute approximate surface area is 125 Å². The number of para-hydroxylation sites is 1. The van der Waals surface area contributed by atoms with Crippen molar-refractivity contribution in [2.24, 2.45) is 0 Å². The van der Waals surface area contributed by atoms with E-state index in [0.717, 1.165) is 31.1 Å². The van der Waals surface area contributed by atoms with Crippen molar-refractivity contribution in [1.82, 2.24) is 5.32 Å². The second-order valence-electron chi connectivity index (χ2n) is 5.12. The van der Waals surface area contributed by atoms with Crippen molar-refractivity contribution >= 4 is 17.3 Å². The van der Waals surface area contributed by atoms with Gasteiger partial charge in [-0.15, -0.1) is 0 Å². The summed E-state index contributed by atoms with van der Waals surface area (Å²) in [4.78, 5) is 2.46. The van der Waals surface area contributed by atoms with Crippen molar-refractivity contribution in [1.29, 1.82) is 0 Å². The summed E-state index contributed by atoms with van der Waals surface area (Å²) in [6, 6.07) is 19.1. The Bertz CT molecular complexity index is 556. The van der Waals surface area contributed by atoms with Crippen LogP contribution in [0.15, 0.2) is 54.6 Å². The average Bonchev–Trinajstić information content (AvgIpc) is 2.74. The number of nitrogens with one attached hydrogen (secondary N) is 1. The van der Waals surface area contributed by atoms with Crippen molar-refractivity contribution in [2.75, 3.05) is 24.5 Å². The van der Waals surface area contributed by atoms with Crippen LogP contribution in [0, 0.1) is 0 Å². The first-order valence-corrected chi connectivity index (χ1v) is 7.51. The highest BCUT2D eigenvalue weighted by molar-refractivity contribution is 6.31. The zero-order valence-electron chi connectivity index (χ0n) is 11.4. The third-order valence-electron chi connectivity index (χ3n) is 3.82. The maximum atomic E-state index is 6.41. The minimum atomic E-state index is 0.286. The van der Waals surface area contributed by atoms with Crippen LogP contribution < -0.4 is 10.2 Å². The number of hydrogen-bond donors (Lipinski definition) is 1. The fourth-order valence-electron chi connectivity index (χ4n) is 2.83. The second-order valence-corrected chi connectivity index (χ2v) is 5.53. The molecule has 0 aromatic heterocycles. The highest BCUT2D eigenvalue weighted by Crippen LogP contribution is 2.32. The molecule has 1 saturated heterocycles. The van der Waals surface area contributed by atoms with Crippen LogP contribution in [-0.2, 0) is 0 Å². The van der Waals surface area contributed by atoms with Gasteiger partial charge < -0.3 is 10.2 Å². The van der Waals surface area contributed by atoms with Crippen molar-refractivity contribution in [2.45, 2.75) is 12.5 Å². The largest absolute Gasteiger partial charge is 0.363 e. The van der Waals surface area contributed by atoms with Gasteiger partial charge in [0.05, 0.1) is 6.04 Å². The van der Waals surface area contributed by atoms with Gasteiger partial charge in [0.1, 0.15) is 0 Å². The van der Waals surface area contributed by atoms with E-state index in [1.807, 2.05) is 12.1 Å². The third kappa shape index (κ3) is 2.82. The number of hydrogen-bond acceptors (Lipinski definition) is 2. The van der Waals surface area contributed by atoms with Gasteiger partial charge in [-0.2, -0.15) is 0 Å². The summed E-state index contributed by atoms with van der Waals surface area (Å²) in [7, 11) is 0. The number of halogens is 1. The minimum absolute atomic E-state index is 0.286. The van der Waals surface area contributed by atoms with E-state index in [1.165, 1.54) is 11.3 Å². The lowest BCUT2D eigenvalue weighted by atomic mass is 10.0. The van der Waals surface area contributed by atoms with Gasteiger partial charge >= 0.3 is 0 Å². The molecular weight excluding hydrogens is 268 g/mol. The quantitative estimate of drug-likeness (QED) is 0.901. The smallest absolute Gasteiger partial charge is 0.0681 e. The van der Waals surface area contributed by atoms with E-state index in [2.05, 4.69) is 52.7 Å². The van der Waals surface area contributed by atoms with Gasteiger partial charge in [-0.1, -0.05) is 48.0 Å². The van der Waals surface area contributed by atoms with E-state index in [0.29, 0.717) is 0 Å². The fraction of sp³-hybridized carbons (Fsp3) is 0.294. The predicted molar refractivity (Wildman–Crippen MR) is 85.5 cm³/mol. The van der Waals surface area contributed by atoms with Crippen LogP contribution in [0.4, 0.5) is 5.69 Å². The molecule has 3 heteroatoms. The van der Waals surface area contributed by atoms with E-state index in [-0.39, 0.29) is 6.04 Å². The van der Waals surface area contributed by atoms with Crippen molar-refractivity contribution < 1.29 is 0 Å². The lowest BCUT2D eigenvalue weighted by Gasteiger charge is -2.32. The third-order valence-corrected chi connectivity index (χ3v) is 4.16. The summed E-state index contributed by atoms with van der Waals surface area (Å²) in [6.07, 6.45) is 1.15. The molecule has 3 rings (SSSR count). The molecule has 1 aliphatic heterocycles. The molecule has 2 aromatic carbocycles. The van der Waals surface area contributed by atoms with Crippen LogP contribution in [0.2, 0.25) is 5.02 Å². The molecule has 2 nitrogen and oxygen atoms in total. The van der Waals surface area contributed by atoms with Crippen LogP contribution >= 0.6 is 11.6 Å². The molecule has 0 radical (unpaired) electrons. The van der Waals surface area contributed by atoms with Gasteiger partial charge in [0.25, 0.3) is 0 Å². The van der Waals surface area contributed by atoms with Gasteiger partial charge in [-0.25, -0.2) is 0 Å². The summed E-state index contributed by atoms with van der Waals surface area (Å²) in [5.74, 6) is 0. The molecule has 0 aliphatic carbocycles. The van der Waals surface area contributed by atoms with Crippen LogP contribution in [0.1, 0.15) is 18.0 Å². The molecule has 0 bridgehead atoms. The molecule has 1 unspecified atom stereocenters. The summed E-state index contributed by atoms with van der Waals surface area (Å²) in [6.45, 7) is 3.04. The first-order chi connectivity index (χ1) is 9.86. The molecule has 1 fully saturated rings. The normalized spacial score (nSPS) is 19.6. The number of anilines is 1. The molecule has 1 aliphatic rings. The zero-order chi connectivity index (χ0) is 13.8. The standard InChI is InChI=1S/C17H19ClN2/c18-16-10-5-4-9-15(16)17-13-19-11-6-12-20(17)14-7-2-1-3-8-14/h1-5,7-10,17,19H,6,11-13H2. The Morgan fingerprint density at radius 1 is 1.00 bits per heavy atom. The highest BCUT2D eigenvalue weighted by atomic mass is 35.5. The van der Waals surface area contributed by atoms with Crippen LogP contribution in [-0.4, -0.2) is 19.6 Å². The maximum absolute atomic E-state index is 6.41. The van der Waals surface area contributed by atoms with E-state index in [4.69, 9.17) is 11.6 Å². The summed E-state index contributed by atoms with van der Waals surface area (Å²) in [5.41, 5.74) is 2.47. The lowest BCUT2D eigenvalue weighted by molar-refractivity contribution is 0.617. The van der Waals surface area contributed by atoms with E-state index in [9.17, 15) is 0 Å². The van der Waals surface area contributed by atoms with Crippen molar-refractivity contribution in [3.63, 3.8) is 0 Å². The SMILES string of the molecule is Clc1ccccc1C1CNCCCN1c1ccccc1. The van der Waals surface area contributed by atoms with Crippen LogP contribution in [0.25, 0.3) is 0 Å².